The lowest BCUT2D eigenvalue weighted by Crippen LogP contribution is -1.92. The molecule has 3 nitrogen and oxygen atoms in total. The minimum Gasteiger partial charge on any atom is -0.433 e. The van der Waals surface area contributed by atoms with E-state index in [4.69, 9.17) is 9.15 Å². The molecule has 1 aliphatic heterocycles. The van der Waals surface area contributed by atoms with Gasteiger partial charge in [0.1, 0.15) is 6.10 Å². The van der Waals surface area contributed by atoms with Crippen molar-refractivity contribution < 1.29 is 9.15 Å². The van der Waals surface area contributed by atoms with Crippen LogP contribution in [0.5, 0.6) is 0 Å². The van der Waals surface area contributed by atoms with Crippen LogP contribution >= 0.6 is 15.9 Å². The van der Waals surface area contributed by atoms with Gasteiger partial charge in [0, 0.05) is 22.5 Å². The number of hydrogen-bond acceptors (Lipinski definition) is 3. The zero-order chi connectivity index (χ0) is 7.68. The van der Waals surface area contributed by atoms with Gasteiger partial charge in [-0.05, 0) is 12.8 Å². The van der Waals surface area contributed by atoms with Gasteiger partial charge in [-0.2, -0.15) is 0 Å². The molecule has 0 amide bonds. The van der Waals surface area contributed by atoms with Crippen LogP contribution in [0.4, 0.5) is 0 Å². The first-order valence-electron chi connectivity index (χ1n) is 3.59. The Bertz CT molecular complexity index is 242. The zero-order valence-corrected chi connectivity index (χ0v) is 7.50. The van der Waals surface area contributed by atoms with E-state index < -0.39 is 0 Å². The lowest BCUT2D eigenvalue weighted by atomic mass is 10.2. The van der Waals surface area contributed by atoms with Crippen LogP contribution in [-0.2, 0) is 4.74 Å². The van der Waals surface area contributed by atoms with E-state index in [0.29, 0.717) is 4.80 Å². The molecule has 1 unspecified atom stereocenters. The van der Waals surface area contributed by atoms with E-state index in [1.165, 1.54) is 0 Å². The number of rotatable bonds is 1. The van der Waals surface area contributed by atoms with Crippen LogP contribution in [0.15, 0.2) is 15.4 Å². The summed E-state index contributed by atoms with van der Waals surface area (Å²) in [6.07, 6.45) is 4.00. The lowest BCUT2D eigenvalue weighted by Gasteiger charge is -2.02. The van der Waals surface area contributed by atoms with Gasteiger partial charge in [0.15, 0.2) is 5.76 Å². The van der Waals surface area contributed by atoms with Gasteiger partial charge < -0.3 is 9.15 Å². The average molecular weight is 218 g/mol. The highest BCUT2D eigenvalue weighted by atomic mass is 79.9. The molecule has 0 aliphatic carbocycles. The maximum atomic E-state index is 5.40. The summed E-state index contributed by atoms with van der Waals surface area (Å²) in [4.78, 5) is 4.46. The van der Waals surface area contributed by atoms with E-state index in [9.17, 15) is 0 Å². The SMILES string of the molecule is Brc1ncc(C2CCCO2)o1. The molecule has 2 rings (SSSR count). The van der Waals surface area contributed by atoms with E-state index in [0.717, 1.165) is 25.2 Å². The summed E-state index contributed by atoms with van der Waals surface area (Å²) >= 11 is 3.15. The molecule has 60 valence electrons. The molecule has 1 fully saturated rings. The van der Waals surface area contributed by atoms with Crippen molar-refractivity contribution in [2.24, 2.45) is 0 Å². The van der Waals surface area contributed by atoms with E-state index in [-0.39, 0.29) is 6.10 Å². The third-order valence-corrected chi connectivity index (χ3v) is 2.11. The van der Waals surface area contributed by atoms with Crippen molar-refractivity contribution in [2.75, 3.05) is 6.61 Å². The molecule has 1 aromatic rings. The van der Waals surface area contributed by atoms with Gasteiger partial charge in [-0.15, -0.1) is 0 Å². The molecule has 0 N–H and O–H groups in total. The van der Waals surface area contributed by atoms with Crippen LogP contribution in [0.25, 0.3) is 0 Å². The molecule has 2 heterocycles. The summed E-state index contributed by atoms with van der Waals surface area (Å²) < 4.78 is 10.6. The molecule has 1 aliphatic rings. The second-order valence-corrected chi connectivity index (χ2v) is 3.20. The Kier molecular flexibility index (Phi) is 1.96. The van der Waals surface area contributed by atoms with Crippen molar-refractivity contribution >= 4 is 15.9 Å². The highest BCUT2D eigenvalue weighted by Crippen LogP contribution is 2.29. The Hall–Kier alpha value is -0.350. The fourth-order valence-electron chi connectivity index (χ4n) is 1.22. The summed E-state index contributed by atoms with van der Waals surface area (Å²) in [5.74, 6) is 0.828. The third kappa shape index (κ3) is 1.46. The van der Waals surface area contributed by atoms with Crippen molar-refractivity contribution in [1.29, 1.82) is 0 Å². The number of halogens is 1. The summed E-state index contributed by atoms with van der Waals surface area (Å²) in [6, 6.07) is 0. The Morgan fingerprint density at radius 2 is 2.55 bits per heavy atom. The van der Waals surface area contributed by atoms with Gasteiger partial charge in [0.25, 0.3) is 4.80 Å². The minimum absolute atomic E-state index is 0.133. The Morgan fingerprint density at radius 3 is 3.09 bits per heavy atom. The second-order valence-electron chi connectivity index (χ2n) is 2.52. The Morgan fingerprint density at radius 1 is 1.64 bits per heavy atom. The molecule has 0 aromatic carbocycles. The first kappa shape index (κ1) is 7.31. The largest absolute Gasteiger partial charge is 0.433 e. The van der Waals surface area contributed by atoms with E-state index in [1.54, 1.807) is 6.20 Å². The van der Waals surface area contributed by atoms with Gasteiger partial charge in [-0.1, -0.05) is 0 Å². The third-order valence-electron chi connectivity index (χ3n) is 1.74. The van der Waals surface area contributed by atoms with Crippen molar-refractivity contribution in [3.05, 3.63) is 16.8 Å². The standard InChI is InChI=1S/C7H8BrNO2/c8-7-9-4-6(11-7)5-2-1-3-10-5/h4-5H,1-3H2. The van der Waals surface area contributed by atoms with Crippen LogP contribution in [0, 0.1) is 0 Å². The van der Waals surface area contributed by atoms with Gasteiger partial charge in [-0.25, -0.2) is 4.98 Å². The molecule has 1 saturated heterocycles. The molecule has 0 bridgehead atoms. The molecular weight excluding hydrogens is 210 g/mol. The van der Waals surface area contributed by atoms with E-state index in [1.807, 2.05) is 0 Å². The van der Waals surface area contributed by atoms with Crippen molar-refractivity contribution in [2.45, 2.75) is 18.9 Å². The second kappa shape index (κ2) is 2.95. The molecular formula is C7H8BrNO2. The Balaban J connectivity index is 2.15. The molecule has 0 spiro atoms. The molecule has 1 atom stereocenters. The molecule has 1 aromatic heterocycles. The van der Waals surface area contributed by atoms with Crippen LogP contribution in [0.1, 0.15) is 24.7 Å². The van der Waals surface area contributed by atoms with Crippen LogP contribution < -0.4 is 0 Å². The van der Waals surface area contributed by atoms with Gasteiger partial charge in [0.2, 0.25) is 0 Å². The highest BCUT2D eigenvalue weighted by molar-refractivity contribution is 9.10. The lowest BCUT2D eigenvalue weighted by molar-refractivity contribution is 0.0927. The van der Waals surface area contributed by atoms with Gasteiger partial charge >= 0.3 is 0 Å². The van der Waals surface area contributed by atoms with Crippen LogP contribution in [-0.4, -0.2) is 11.6 Å². The Labute approximate surface area is 72.9 Å². The summed E-state index contributed by atoms with van der Waals surface area (Å²) in [7, 11) is 0. The summed E-state index contributed by atoms with van der Waals surface area (Å²) in [5.41, 5.74) is 0. The monoisotopic (exact) mass is 217 g/mol. The number of ether oxygens (including phenoxy) is 1. The summed E-state index contributed by atoms with van der Waals surface area (Å²) in [5, 5.41) is 0. The van der Waals surface area contributed by atoms with E-state index >= 15 is 0 Å². The molecule has 0 saturated carbocycles. The number of oxazole rings is 1. The maximum Gasteiger partial charge on any atom is 0.264 e. The van der Waals surface area contributed by atoms with E-state index in [2.05, 4.69) is 20.9 Å². The fourth-order valence-corrected chi connectivity index (χ4v) is 1.50. The normalized spacial score (nSPS) is 24.3. The average Bonchev–Trinajstić information content (AvgIpc) is 2.55. The van der Waals surface area contributed by atoms with Crippen molar-refractivity contribution in [1.82, 2.24) is 4.98 Å². The predicted octanol–water partition coefficient (Wildman–Crippen LogP) is 2.29. The number of aromatic nitrogens is 1. The predicted molar refractivity (Wildman–Crippen MR) is 42.1 cm³/mol. The van der Waals surface area contributed by atoms with Crippen LogP contribution in [0.2, 0.25) is 0 Å². The molecule has 0 radical (unpaired) electrons. The first-order valence-corrected chi connectivity index (χ1v) is 4.38. The fraction of sp³-hybridized carbons (Fsp3) is 0.571. The first-order chi connectivity index (χ1) is 5.36. The van der Waals surface area contributed by atoms with Gasteiger partial charge in [-0.3, -0.25) is 0 Å². The van der Waals surface area contributed by atoms with Gasteiger partial charge in [0.05, 0.1) is 6.20 Å². The van der Waals surface area contributed by atoms with Crippen molar-refractivity contribution in [3.8, 4) is 0 Å². The minimum atomic E-state index is 0.133. The maximum absolute atomic E-state index is 5.40. The molecule has 4 heteroatoms. The zero-order valence-electron chi connectivity index (χ0n) is 5.92. The summed E-state index contributed by atoms with van der Waals surface area (Å²) in [6.45, 7) is 0.836. The smallest absolute Gasteiger partial charge is 0.264 e. The highest BCUT2D eigenvalue weighted by Gasteiger charge is 2.21. The molecule has 11 heavy (non-hydrogen) atoms. The van der Waals surface area contributed by atoms with Crippen LogP contribution in [0.3, 0.4) is 0 Å². The quantitative estimate of drug-likeness (QED) is 0.725. The number of nitrogens with zero attached hydrogens (tertiary/aromatic N) is 1. The topological polar surface area (TPSA) is 35.3 Å². The van der Waals surface area contributed by atoms with Crippen molar-refractivity contribution in [3.63, 3.8) is 0 Å². The number of hydrogen-bond donors (Lipinski definition) is 0.